The molecule has 6 heteroatoms. The van der Waals surface area contributed by atoms with Crippen LogP contribution in [-0.4, -0.2) is 22.4 Å². The molecule has 0 aliphatic rings. The minimum atomic E-state index is -1.25. The summed E-state index contributed by atoms with van der Waals surface area (Å²) in [5, 5.41) is 23.4. The van der Waals surface area contributed by atoms with E-state index in [9.17, 15) is 9.59 Å². The summed E-state index contributed by atoms with van der Waals surface area (Å²) in [5.41, 5.74) is 0.396. The maximum absolute atomic E-state index is 10.7. The van der Waals surface area contributed by atoms with Gasteiger partial charge in [-0.3, -0.25) is 10.6 Å². The van der Waals surface area contributed by atoms with Crippen molar-refractivity contribution in [3.8, 4) is 0 Å². The first-order valence-corrected chi connectivity index (χ1v) is 5.09. The lowest BCUT2D eigenvalue weighted by Crippen LogP contribution is -2.13. The average molecular weight is 246 g/mol. The number of nitrogens with one attached hydrogen (secondary N) is 2. The summed E-state index contributed by atoms with van der Waals surface area (Å²) in [7, 11) is 0. The highest BCUT2D eigenvalue weighted by atomic mass is 16.4. The van der Waals surface area contributed by atoms with Crippen LogP contribution in [-0.2, 0) is 0 Å². The lowest BCUT2D eigenvalue weighted by molar-refractivity contribution is 0.208. The SMILES string of the molecule is O=C(O)Nc1cc2ccccc2cc1NC(=O)O. The topological polar surface area (TPSA) is 98.7 Å². The van der Waals surface area contributed by atoms with E-state index >= 15 is 0 Å². The maximum atomic E-state index is 10.7. The highest BCUT2D eigenvalue weighted by Gasteiger charge is 2.09. The van der Waals surface area contributed by atoms with Gasteiger partial charge < -0.3 is 10.2 Å². The van der Waals surface area contributed by atoms with Gasteiger partial charge in [0, 0.05) is 0 Å². The van der Waals surface area contributed by atoms with Gasteiger partial charge in [0.05, 0.1) is 11.4 Å². The molecule has 0 aromatic heterocycles. The van der Waals surface area contributed by atoms with E-state index < -0.39 is 12.2 Å². The quantitative estimate of drug-likeness (QED) is 0.654. The highest BCUT2D eigenvalue weighted by Crippen LogP contribution is 2.28. The van der Waals surface area contributed by atoms with E-state index in [1.54, 1.807) is 12.1 Å². The predicted molar refractivity (Wildman–Crippen MR) is 67.2 cm³/mol. The monoisotopic (exact) mass is 246 g/mol. The number of fused-ring (bicyclic) bond motifs is 1. The summed E-state index contributed by atoms with van der Waals surface area (Å²) in [4.78, 5) is 21.3. The minimum Gasteiger partial charge on any atom is -0.465 e. The van der Waals surface area contributed by atoms with E-state index in [1.807, 2.05) is 24.3 Å². The summed E-state index contributed by atoms with van der Waals surface area (Å²) in [5.74, 6) is 0. The fraction of sp³-hybridized carbons (Fsp3) is 0. The van der Waals surface area contributed by atoms with Crippen LogP contribution in [0.2, 0.25) is 0 Å². The molecule has 92 valence electrons. The molecule has 0 bridgehead atoms. The molecule has 0 fully saturated rings. The number of rotatable bonds is 2. The summed E-state index contributed by atoms with van der Waals surface area (Å²) in [6, 6.07) is 10.4. The molecule has 4 N–H and O–H groups in total. The fourth-order valence-corrected chi connectivity index (χ4v) is 1.68. The van der Waals surface area contributed by atoms with Gasteiger partial charge in [0.2, 0.25) is 0 Å². The number of hydrogen-bond donors (Lipinski definition) is 4. The molecule has 0 saturated carbocycles. The van der Waals surface area contributed by atoms with Crippen LogP contribution < -0.4 is 10.6 Å². The van der Waals surface area contributed by atoms with E-state index in [-0.39, 0.29) is 11.4 Å². The lowest BCUT2D eigenvalue weighted by Gasteiger charge is -2.10. The minimum absolute atomic E-state index is 0.198. The van der Waals surface area contributed by atoms with Crippen LogP contribution in [0.25, 0.3) is 10.8 Å². The second-order valence-corrected chi connectivity index (χ2v) is 3.61. The highest BCUT2D eigenvalue weighted by molar-refractivity contribution is 6.00. The van der Waals surface area contributed by atoms with Crippen molar-refractivity contribution in [3.63, 3.8) is 0 Å². The van der Waals surface area contributed by atoms with Gasteiger partial charge in [-0.1, -0.05) is 24.3 Å². The molecule has 2 amide bonds. The second kappa shape index (κ2) is 4.62. The molecule has 2 aromatic carbocycles. The van der Waals surface area contributed by atoms with Crippen LogP contribution in [0.5, 0.6) is 0 Å². The van der Waals surface area contributed by atoms with Crippen molar-refractivity contribution in [2.45, 2.75) is 0 Å². The first-order chi connectivity index (χ1) is 8.56. The molecule has 2 aromatic rings. The van der Waals surface area contributed by atoms with E-state index in [2.05, 4.69) is 10.6 Å². The van der Waals surface area contributed by atoms with E-state index in [0.717, 1.165) is 10.8 Å². The molecular weight excluding hydrogens is 236 g/mol. The van der Waals surface area contributed by atoms with Gasteiger partial charge in [-0.05, 0) is 22.9 Å². The first-order valence-electron chi connectivity index (χ1n) is 5.09. The molecule has 0 aliphatic heterocycles. The van der Waals surface area contributed by atoms with Crippen molar-refractivity contribution in [1.29, 1.82) is 0 Å². The fourth-order valence-electron chi connectivity index (χ4n) is 1.68. The second-order valence-electron chi connectivity index (χ2n) is 3.61. The predicted octanol–water partition coefficient (Wildman–Crippen LogP) is 3.02. The Labute approximate surface area is 102 Å². The Hall–Kier alpha value is -2.76. The van der Waals surface area contributed by atoms with Gasteiger partial charge in [0.15, 0.2) is 0 Å². The Morgan fingerprint density at radius 2 is 1.22 bits per heavy atom. The van der Waals surface area contributed by atoms with Crippen LogP contribution in [0.1, 0.15) is 0 Å². The number of benzene rings is 2. The molecule has 0 atom stereocenters. The molecule has 0 unspecified atom stereocenters. The average Bonchev–Trinajstić information content (AvgIpc) is 2.28. The smallest absolute Gasteiger partial charge is 0.409 e. The summed E-state index contributed by atoms with van der Waals surface area (Å²) in [6.45, 7) is 0. The third-order valence-electron chi connectivity index (χ3n) is 2.37. The van der Waals surface area contributed by atoms with Crippen molar-refractivity contribution in [2.75, 3.05) is 10.6 Å². The van der Waals surface area contributed by atoms with Gasteiger partial charge in [-0.2, -0.15) is 0 Å². The maximum Gasteiger partial charge on any atom is 0.409 e. The Balaban J connectivity index is 2.55. The van der Waals surface area contributed by atoms with Crippen LogP contribution >= 0.6 is 0 Å². The molecule has 0 radical (unpaired) electrons. The van der Waals surface area contributed by atoms with Crippen molar-refractivity contribution in [2.24, 2.45) is 0 Å². The molecule has 2 rings (SSSR count). The molecule has 0 aliphatic carbocycles. The number of hydrogen-bond acceptors (Lipinski definition) is 2. The van der Waals surface area contributed by atoms with Crippen molar-refractivity contribution >= 4 is 34.3 Å². The molecule has 0 heterocycles. The normalized spacial score (nSPS) is 10.0. The molecular formula is C12H10N2O4. The zero-order valence-electron chi connectivity index (χ0n) is 9.18. The van der Waals surface area contributed by atoms with E-state index in [1.165, 1.54) is 0 Å². The number of amides is 2. The van der Waals surface area contributed by atoms with Gasteiger partial charge in [0.1, 0.15) is 0 Å². The van der Waals surface area contributed by atoms with Crippen LogP contribution in [0.3, 0.4) is 0 Å². The number of carbonyl (C=O) groups is 2. The largest absolute Gasteiger partial charge is 0.465 e. The lowest BCUT2D eigenvalue weighted by atomic mass is 10.1. The third-order valence-corrected chi connectivity index (χ3v) is 2.37. The van der Waals surface area contributed by atoms with Crippen LogP contribution in [0, 0.1) is 0 Å². The van der Waals surface area contributed by atoms with Gasteiger partial charge in [0.25, 0.3) is 0 Å². The molecule has 0 spiro atoms. The summed E-state index contributed by atoms with van der Waals surface area (Å²) in [6.07, 6.45) is -2.50. The Morgan fingerprint density at radius 1 is 0.833 bits per heavy atom. The van der Waals surface area contributed by atoms with Crippen LogP contribution in [0.15, 0.2) is 36.4 Å². The first kappa shape index (κ1) is 11.7. The number of anilines is 2. The van der Waals surface area contributed by atoms with Crippen molar-refractivity contribution in [3.05, 3.63) is 36.4 Å². The van der Waals surface area contributed by atoms with Gasteiger partial charge in [-0.25, -0.2) is 9.59 Å². The summed E-state index contributed by atoms with van der Waals surface area (Å²) >= 11 is 0. The Morgan fingerprint density at radius 3 is 1.56 bits per heavy atom. The molecule has 18 heavy (non-hydrogen) atoms. The third kappa shape index (κ3) is 2.49. The molecule has 6 nitrogen and oxygen atoms in total. The van der Waals surface area contributed by atoms with Crippen molar-refractivity contribution < 1.29 is 19.8 Å². The van der Waals surface area contributed by atoms with Gasteiger partial charge >= 0.3 is 12.2 Å². The standard InChI is InChI=1S/C12H10N2O4/c15-11(16)13-9-5-7-3-1-2-4-8(7)6-10(9)14-12(17)18/h1-6,13-14H,(H,15,16)(H,17,18). The number of carboxylic acid groups (broad SMARTS) is 2. The van der Waals surface area contributed by atoms with Gasteiger partial charge in [-0.15, -0.1) is 0 Å². The molecule has 0 saturated heterocycles. The van der Waals surface area contributed by atoms with E-state index in [4.69, 9.17) is 10.2 Å². The zero-order valence-corrected chi connectivity index (χ0v) is 9.18. The summed E-state index contributed by atoms with van der Waals surface area (Å²) < 4.78 is 0. The Kier molecular flexibility index (Phi) is 3.01. The van der Waals surface area contributed by atoms with Crippen molar-refractivity contribution in [1.82, 2.24) is 0 Å². The van der Waals surface area contributed by atoms with Crippen LogP contribution in [0.4, 0.5) is 21.0 Å². The zero-order chi connectivity index (χ0) is 13.1. The Bertz CT molecular complexity index is 570. The van der Waals surface area contributed by atoms with E-state index in [0.29, 0.717) is 0 Å².